The molecule has 0 bridgehead atoms. The van der Waals surface area contributed by atoms with Gasteiger partial charge in [0, 0.05) is 42.9 Å². The van der Waals surface area contributed by atoms with Crippen molar-refractivity contribution in [3.63, 3.8) is 0 Å². The van der Waals surface area contributed by atoms with Crippen molar-refractivity contribution < 1.29 is 9.53 Å². The normalized spacial score (nSPS) is 20.6. The monoisotopic (exact) mass is 377 g/mol. The molecule has 0 radical (unpaired) electrons. The molecule has 0 aromatic carbocycles. The van der Waals surface area contributed by atoms with E-state index in [1.165, 1.54) is 0 Å². The van der Waals surface area contributed by atoms with E-state index in [2.05, 4.69) is 9.97 Å². The van der Waals surface area contributed by atoms with E-state index in [0.717, 1.165) is 66.7 Å². The van der Waals surface area contributed by atoms with Crippen molar-refractivity contribution in [2.24, 2.45) is 0 Å². The highest BCUT2D eigenvalue weighted by atomic mass is 16.5. The van der Waals surface area contributed by atoms with Crippen LogP contribution in [0.1, 0.15) is 44.8 Å². The van der Waals surface area contributed by atoms with Gasteiger partial charge in [0.1, 0.15) is 0 Å². The minimum atomic E-state index is -0.101. The number of aromatic nitrogens is 4. The number of pyridine rings is 2. The maximum atomic E-state index is 12.6. The third kappa shape index (κ3) is 3.05. The van der Waals surface area contributed by atoms with Crippen LogP contribution >= 0.6 is 0 Å². The Morgan fingerprint density at radius 2 is 2.11 bits per heavy atom. The van der Waals surface area contributed by atoms with Crippen molar-refractivity contribution in [1.82, 2.24) is 19.7 Å². The molecule has 0 N–H and O–H groups in total. The highest BCUT2D eigenvalue weighted by molar-refractivity contribution is 6.02. The van der Waals surface area contributed by atoms with Gasteiger partial charge < -0.3 is 4.74 Å². The lowest BCUT2D eigenvalue weighted by Crippen LogP contribution is -2.35. The van der Waals surface area contributed by atoms with Crippen molar-refractivity contribution in [3.05, 3.63) is 36.8 Å². The number of rotatable bonds is 3. The second-order valence-electron chi connectivity index (χ2n) is 7.42. The molecular formula is C21H23N5O2. The number of fused-ring (bicyclic) bond motifs is 1. The fourth-order valence-corrected chi connectivity index (χ4v) is 4.06. The minimum Gasteiger partial charge on any atom is -0.356 e. The van der Waals surface area contributed by atoms with Crippen LogP contribution in [0.3, 0.4) is 0 Å². The predicted octanol–water partition coefficient (Wildman–Crippen LogP) is 3.71. The highest BCUT2D eigenvalue weighted by Crippen LogP contribution is 2.34. The van der Waals surface area contributed by atoms with Crippen LogP contribution in [0.5, 0.6) is 0 Å². The molecule has 7 nitrogen and oxygen atoms in total. The zero-order chi connectivity index (χ0) is 18.9. The second kappa shape index (κ2) is 7.31. The Labute approximate surface area is 163 Å². The summed E-state index contributed by atoms with van der Waals surface area (Å²) in [7, 11) is 0. The van der Waals surface area contributed by atoms with Crippen LogP contribution in [0.25, 0.3) is 22.2 Å². The van der Waals surface area contributed by atoms with Crippen LogP contribution in [0.2, 0.25) is 0 Å². The second-order valence-corrected chi connectivity index (χ2v) is 7.42. The minimum absolute atomic E-state index is 0.101. The molecule has 0 spiro atoms. The van der Waals surface area contributed by atoms with Gasteiger partial charge in [-0.05, 0) is 50.3 Å². The van der Waals surface area contributed by atoms with Gasteiger partial charge in [0.05, 0.1) is 17.4 Å². The fraction of sp³-hybridized carbons (Fsp3) is 0.429. The molecule has 7 heteroatoms. The van der Waals surface area contributed by atoms with Gasteiger partial charge >= 0.3 is 0 Å². The summed E-state index contributed by atoms with van der Waals surface area (Å²) in [4.78, 5) is 23.3. The molecule has 3 aromatic heterocycles. The van der Waals surface area contributed by atoms with Crippen molar-refractivity contribution in [2.75, 3.05) is 18.1 Å². The lowest BCUT2D eigenvalue weighted by atomic mass is 10.1. The number of carbonyl (C=O) groups excluding carboxylic acids is 1. The van der Waals surface area contributed by atoms with E-state index in [4.69, 9.17) is 9.84 Å². The number of hydrogen-bond acceptors (Lipinski definition) is 5. The van der Waals surface area contributed by atoms with Crippen molar-refractivity contribution in [1.29, 1.82) is 0 Å². The van der Waals surface area contributed by atoms with Crippen molar-refractivity contribution in [3.8, 4) is 11.3 Å². The number of carbonyl (C=O) groups is 1. The van der Waals surface area contributed by atoms with E-state index in [9.17, 15) is 4.79 Å². The van der Waals surface area contributed by atoms with Gasteiger partial charge in [0.2, 0.25) is 5.91 Å². The van der Waals surface area contributed by atoms with Crippen LogP contribution in [-0.4, -0.2) is 38.8 Å². The molecule has 2 fully saturated rings. The van der Waals surface area contributed by atoms with Gasteiger partial charge in [-0.25, -0.2) is 4.68 Å². The smallest absolute Gasteiger partial charge is 0.228 e. The number of piperidine rings is 1. The molecule has 3 aromatic rings. The molecule has 1 unspecified atom stereocenters. The van der Waals surface area contributed by atoms with Crippen LogP contribution in [0.15, 0.2) is 36.8 Å². The summed E-state index contributed by atoms with van der Waals surface area (Å²) >= 11 is 0. The Bertz CT molecular complexity index is 995. The summed E-state index contributed by atoms with van der Waals surface area (Å²) in [5.41, 5.74) is 2.69. The van der Waals surface area contributed by atoms with Crippen molar-refractivity contribution >= 4 is 22.6 Å². The Morgan fingerprint density at radius 1 is 1.14 bits per heavy atom. The number of hydrogen-bond donors (Lipinski definition) is 0. The van der Waals surface area contributed by atoms with E-state index in [1.807, 2.05) is 34.0 Å². The van der Waals surface area contributed by atoms with E-state index < -0.39 is 0 Å². The summed E-state index contributed by atoms with van der Waals surface area (Å²) in [5, 5.41) is 5.81. The first kappa shape index (κ1) is 17.3. The van der Waals surface area contributed by atoms with Crippen LogP contribution in [0, 0.1) is 0 Å². The maximum Gasteiger partial charge on any atom is 0.228 e. The molecule has 2 aliphatic heterocycles. The first-order valence-electron chi connectivity index (χ1n) is 10.0. The molecule has 1 amide bonds. The molecular weight excluding hydrogens is 354 g/mol. The average molecular weight is 377 g/mol. The Balaban J connectivity index is 1.65. The summed E-state index contributed by atoms with van der Waals surface area (Å²) < 4.78 is 7.90. The molecule has 28 heavy (non-hydrogen) atoms. The number of ether oxygens (including phenoxy) is 1. The van der Waals surface area contributed by atoms with Gasteiger partial charge in [-0.15, -0.1) is 0 Å². The average Bonchev–Trinajstić information content (AvgIpc) is 3.14. The van der Waals surface area contributed by atoms with Crippen LogP contribution in [0.4, 0.5) is 5.82 Å². The number of amides is 1. The first-order valence-corrected chi connectivity index (χ1v) is 10.0. The summed E-state index contributed by atoms with van der Waals surface area (Å²) in [6, 6.07) is 5.91. The zero-order valence-electron chi connectivity index (χ0n) is 15.8. The van der Waals surface area contributed by atoms with E-state index in [0.29, 0.717) is 13.0 Å². The maximum absolute atomic E-state index is 12.6. The Morgan fingerprint density at radius 3 is 2.89 bits per heavy atom. The number of nitrogens with zero attached hydrogens (tertiary/aromatic N) is 5. The lowest BCUT2D eigenvalue weighted by Gasteiger charge is -2.25. The largest absolute Gasteiger partial charge is 0.356 e. The number of anilines is 1. The van der Waals surface area contributed by atoms with Crippen LogP contribution in [-0.2, 0) is 9.53 Å². The van der Waals surface area contributed by atoms with Gasteiger partial charge in [-0.3, -0.25) is 19.7 Å². The quantitative estimate of drug-likeness (QED) is 0.696. The third-order valence-corrected chi connectivity index (χ3v) is 5.54. The fourth-order valence-electron chi connectivity index (χ4n) is 4.06. The molecule has 0 saturated carbocycles. The Hall–Kier alpha value is -2.80. The Kier molecular flexibility index (Phi) is 4.52. The van der Waals surface area contributed by atoms with Gasteiger partial charge in [-0.1, -0.05) is 0 Å². The van der Waals surface area contributed by atoms with Gasteiger partial charge in [0.15, 0.2) is 12.0 Å². The SMILES string of the molecule is O=C1CCCCN1c1nn(C2CCCCO2)c2cnc(-c3cccnc3)cc12. The molecule has 2 aliphatic rings. The molecule has 2 saturated heterocycles. The topological polar surface area (TPSA) is 73.1 Å². The third-order valence-electron chi connectivity index (χ3n) is 5.54. The predicted molar refractivity (Wildman–Crippen MR) is 106 cm³/mol. The highest BCUT2D eigenvalue weighted by Gasteiger charge is 2.28. The van der Waals surface area contributed by atoms with E-state index in [1.54, 1.807) is 12.4 Å². The molecule has 5 heterocycles. The molecule has 1 atom stereocenters. The standard InChI is InChI=1S/C21H23N5O2/c27-19-7-1-3-10-25(19)21-16-12-17(15-6-5-9-22-13-15)23-14-18(16)26(24-21)20-8-2-4-11-28-20/h5-6,9,12-14,20H,1-4,7-8,10-11H2. The first-order chi connectivity index (χ1) is 13.8. The van der Waals surface area contributed by atoms with Gasteiger partial charge in [-0.2, -0.15) is 5.10 Å². The summed E-state index contributed by atoms with van der Waals surface area (Å²) in [6.07, 6.45) is 10.9. The molecule has 144 valence electrons. The lowest BCUT2D eigenvalue weighted by molar-refractivity contribution is -0.119. The van der Waals surface area contributed by atoms with E-state index in [-0.39, 0.29) is 12.1 Å². The summed E-state index contributed by atoms with van der Waals surface area (Å²) in [5.74, 6) is 0.864. The molecule has 5 rings (SSSR count). The van der Waals surface area contributed by atoms with Crippen LogP contribution < -0.4 is 4.90 Å². The van der Waals surface area contributed by atoms with Gasteiger partial charge in [0.25, 0.3) is 0 Å². The molecule has 0 aliphatic carbocycles. The van der Waals surface area contributed by atoms with E-state index >= 15 is 0 Å². The zero-order valence-corrected chi connectivity index (χ0v) is 15.8. The summed E-state index contributed by atoms with van der Waals surface area (Å²) in [6.45, 7) is 1.45. The van der Waals surface area contributed by atoms with Crippen molar-refractivity contribution in [2.45, 2.75) is 44.8 Å².